The molecule has 1 atom stereocenters. The lowest BCUT2D eigenvalue weighted by molar-refractivity contribution is -0.126. The first-order valence-electron chi connectivity index (χ1n) is 10.2. The highest BCUT2D eigenvalue weighted by atomic mass is 16.5. The number of ether oxygens (including phenoxy) is 1. The Kier molecular flexibility index (Phi) is 4.03. The van der Waals surface area contributed by atoms with E-state index in [-0.39, 0.29) is 11.9 Å². The maximum absolute atomic E-state index is 13.9. The second-order valence-corrected chi connectivity index (χ2v) is 7.72. The van der Waals surface area contributed by atoms with E-state index in [9.17, 15) is 9.59 Å². The molecule has 2 aliphatic rings. The molecule has 3 aromatic rings. The number of methoxy groups -OCH3 is 1. The second kappa shape index (κ2) is 6.52. The quantitative estimate of drug-likeness (QED) is 0.689. The van der Waals surface area contributed by atoms with Crippen LogP contribution in [0.2, 0.25) is 0 Å². The van der Waals surface area contributed by atoms with Crippen LogP contribution in [0.1, 0.15) is 23.7 Å². The zero-order chi connectivity index (χ0) is 21.0. The van der Waals surface area contributed by atoms with Crippen LogP contribution < -0.4 is 15.0 Å². The number of fused-ring (bicyclic) bond motifs is 6. The Hall–Kier alpha value is -3.48. The number of benzene rings is 2. The molecule has 7 nitrogen and oxygen atoms in total. The van der Waals surface area contributed by atoms with Crippen molar-refractivity contribution >= 4 is 28.5 Å². The molecule has 0 saturated heterocycles. The number of anilines is 1. The smallest absolute Gasteiger partial charge is 0.318 e. The Labute approximate surface area is 174 Å². The van der Waals surface area contributed by atoms with E-state index in [1.54, 1.807) is 24.0 Å². The van der Waals surface area contributed by atoms with Gasteiger partial charge in [-0.3, -0.25) is 4.79 Å². The second-order valence-electron chi connectivity index (χ2n) is 7.72. The molecule has 154 valence electrons. The first-order valence-corrected chi connectivity index (χ1v) is 10.2. The summed E-state index contributed by atoms with van der Waals surface area (Å²) < 4.78 is 5.42. The summed E-state index contributed by atoms with van der Waals surface area (Å²) in [5, 5.41) is 3.92. The van der Waals surface area contributed by atoms with Gasteiger partial charge in [0.1, 0.15) is 5.75 Å². The third-order valence-electron chi connectivity index (χ3n) is 6.31. The number of rotatable bonds is 2. The summed E-state index contributed by atoms with van der Waals surface area (Å²) in [6, 6.07) is 13.3. The minimum absolute atomic E-state index is 0.130. The van der Waals surface area contributed by atoms with E-state index in [0.29, 0.717) is 19.5 Å². The first-order chi connectivity index (χ1) is 14.5. The minimum Gasteiger partial charge on any atom is -0.497 e. The van der Waals surface area contributed by atoms with Crippen LogP contribution in [-0.2, 0) is 16.8 Å². The van der Waals surface area contributed by atoms with Crippen molar-refractivity contribution in [1.29, 1.82) is 0 Å². The maximum atomic E-state index is 13.9. The van der Waals surface area contributed by atoms with Crippen molar-refractivity contribution in [2.24, 2.45) is 0 Å². The molecule has 2 aliphatic heterocycles. The number of nitrogens with one attached hydrogen (secondary N) is 2. The van der Waals surface area contributed by atoms with Crippen molar-refractivity contribution in [2.75, 3.05) is 32.1 Å². The minimum atomic E-state index is -1.22. The number of likely N-dealkylation sites (N-methyl/N-ethyl adjacent to an activating group) is 1. The van der Waals surface area contributed by atoms with Crippen LogP contribution in [0.4, 0.5) is 10.5 Å². The number of carbonyl (C=O) groups excluding carboxylic acids is 2. The van der Waals surface area contributed by atoms with Crippen LogP contribution in [0.5, 0.6) is 5.75 Å². The molecule has 2 aromatic carbocycles. The van der Waals surface area contributed by atoms with Gasteiger partial charge in [-0.1, -0.05) is 18.2 Å². The van der Waals surface area contributed by atoms with Crippen LogP contribution in [0, 0.1) is 0 Å². The fraction of sp³-hybridized carbons (Fsp3) is 0.304. The number of carbonyl (C=O) groups is 2. The van der Waals surface area contributed by atoms with Gasteiger partial charge in [0.15, 0.2) is 5.54 Å². The SMILES string of the molecule is CCNC(=O)N1CCc2c([nH]c3ccc(OC)cc23)[C@@]12C(=O)N(C)c1ccccc12. The van der Waals surface area contributed by atoms with Gasteiger partial charge in [0.2, 0.25) is 0 Å². The summed E-state index contributed by atoms with van der Waals surface area (Å²) >= 11 is 0. The topological polar surface area (TPSA) is 77.7 Å². The number of urea groups is 1. The fourth-order valence-corrected chi connectivity index (χ4v) is 4.99. The molecule has 2 N–H and O–H groups in total. The summed E-state index contributed by atoms with van der Waals surface area (Å²) in [5.41, 5.74) is 3.18. The Balaban J connectivity index is 1.84. The van der Waals surface area contributed by atoms with Crippen molar-refractivity contribution in [2.45, 2.75) is 18.9 Å². The van der Waals surface area contributed by atoms with Gasteiger partial charge >= 0.3 is 6.03 Å². The Bertz CT molecular complexity index is 1180. The summed E-state index contributed by atoms with van der Waals surface area (Å²) in [5.74, 6) is 0.634. The van der Waals surface area contributed by atoms with Crippen LogP contribution in [0.3, 0.4) is 0 Å². The monoisotopic (exact) mass is 404 g/mol. The van der Waals surface area contributed by atoms with Gasteiger partial charge in [-0.15, -0.1) is 0 Å². The number of nitrogens with zero attached hydrogens (tertiary/aromatic N) is 2. The number of H-pyrrole nitrogens is 1. The Morgan fingerprint density at radius 1 is 1.27 bits per heavy atom. The van der Waals surface area contributed by atoms with Gasteiger partial charge in [0.25, 0.3) is 5.91 Å². The average Bonchev–Trinajstić information content (AvgIpc) is 3.24. The van der Waals surface area contributed by atoms with Gasteiger partial charge in [-0.2, -0.15) is 0 Å². The summed E-state index contributed by atoms with van der Waals surface area (Å²) in [6.07, 6.45) is 0.653. The highest BCUT2D eigenvalue weighted by Crippen LogP contribution is 2.51. The van der Waals surface area contributed by atoms with E-state index in [2.05, 4.69) is 10.3 Å². The van der Waals surface area contributed by atoms with Crippen molar-refractivity contribution in [3.63, 3.8) is 0 Å². The molecule has 30 heavy (non-hydrogen) atoms. The molecule has 0 fully saturated rings. The Morgan fingerprint density at radius 3 is 2.83 bits per heavy atom. The number of para-hydroxylation sites is 1. The van der Waals surface area contributed by atoms with Crippen molar-refractivity contribution in [3.05, 3.63) is 59.3 Å². The van der Waals surface area contributed by atoms with E-state index in [0.717, 1.165) is 39.2 Å². The molecule has 3 heterocycles. The lowest BCUT2D eigenvalue weighted by Crippen LogP contribution is -2.61. The normalized spacial score (nSPS) is 19.9. The number of hydrogen-bond donors (Lipinski definition) is 2. The number of aromatic amines is 1. The van der Waals surface area contributed by atoms with Crippen LogP contribution in [-0.4, -0.2) is 49.1 Å². The van der Waals surface area contributed by atoms with Crippen LogP contribution >= 0.6 is 0 Å². The summed E-state index contributed by atoms with van der Waals surface area (Å²) in [7, 11) is 3.41. The van der Waals surface area contributed by atoms with Gasteiger partial charge in [0, 0.05) is 42.3 Å². The molecule has 7 heteroatoms. The number of hydrogen-bond acceptors (Lipinski definition) is 3. The molecule has 1 aromatic heterocycles. The van der Waals surface area contributed by atoms with Crippen molar-refractivity contribution < 1.29 is 14.3 Å². The van der Waals surface area contributed by atoms with Gasteiger partial charge in [0.05, 0.1) is 12.8 Å². The van der Waals surface area contributed by atoms with E-state index < -0.39 is 5.54 Å². The largest absolute Gasteiger partial charge is 0.497 e. The average molecular weight is 404 g/mol. The van der Waals surface area contributed by atoms with E-state index in [1.165, 1.54) is 0 Å². The zero-order valence-electron chi connectivity index (χ0n) is 17.3. The van der Waals surface area contributed by atoms with E-state index in [4.69, 9.17) is 4.74 Å². The first kappa shape index (κ1) is 18.5. The van der Waals surface area contributed by atoms with Crippen LogP contribution in [0.15, 0.2) is 42.5 Å². The Morgan fingerprint density at radius 2 is 2.07 bits per heavy atom. The molecule has 0 aliphatic carbocycles. The molecule has 0 bridgehead atoms. The van der Waals surface area contributed by atoms with Crippen molar-refractivity contribution in [3.8, 4) is 5.75 Å². The predicted octanol–water partition coefficient (Wildman–Crippen LogP) is 2.98. The highest BCUT2D eigenvalue weighted by Gasteiger charge is 2.60. The molecule has 0 unspecified atom stereocenters. The van der Waals surface area contributed by atoms with Crippen molar-refractivity contribution in [1.82, 2.24) is 15.2 Å². The zero-order valence-corrected chi connectivity index (χ0v) is 17.3. The number of amides is 3. The number of aromatic nitrogens is 1. The molecule has 1 spiro atoms. The third kappa shape index (κ3) is 2.20. The third-order valence-corrected chi connectivity index (χ3v) is 6.31. The van der Waals surface area contributed by atoms with E-state index in [1.807, 2.05) is 49.4 Å². The predicted molar refractivity (Wildman–Crippen MR) is 115 cm³/mol. The standard InChI is InChI=1S/C23H24N4O3/c1-4-24-22(29)27-12-11-15-16-13-14(30-3)9-10-18(16)25-20(15)23(27)17-7-5-6-8-19(17)26(2)21(23)28/h5-10,13,25H,4,11-12H2,1-3H3,(H,24,29)/t23-/m0/s1. The molecular formula is C23H24N4O3. The lowest BCUT2D eigenvalue weighted by Gasteiger charge is -2.43. The van der Waals surface area contributed by atoms with Gasteiger partial charge in [-0.25, -0.2) is 4.79 Å². The molecule has 0 saturated carbocycles. The highest BCUT2D eigenvalue weighted by molar-refractivity contribution is 6.12. The fourth-order valence-electron chi connectivity index (χ4n) is 4.99. The molecule has 5 rings (SSSR count). The van der Waals surface area contributed by atoms with Gasteiger partial charge in [-0.05, 0) is 43.2 Å². The lowest BCUT2D eigenvalue weighted by atomic mass is 9.80. The van der Waals surface area contributed by atoms with Gasteiger partial charge < -0.3 is 24.8 Å². The van der Waals surface area contributed by atoms with E-state index >= 15 is 0 Å². The summed E-state index contributed by atoms with van der Waals surface area (Å²) in [6.45, 7) is 2.82. The molecule has 3 amide bonds. The molecule has 0 radical (unpaired) electrons. The molecular weight excluding hydrogens is 380 g/mol. The summed E-state index contributed by atoms with van der Waals surface area (Å²) in [4.78, 5) is 33.9. The van der Waals surface area contributed by atoms with Crippen LogP contribution in [0.25, 0.3) is 10.9 Å². The maximum Gasteiger partial charge on any atom is 0.318 e.